The molecule has 25 heavy (non-hydrogen) atoms. The highest BCUT2D eigenvalue weighted by Gasteiger charge is 2.14. The van der Waals surface area contributed by atoms with E-state index in [1.54, 1.807) is 24.3 Å². The van der Waals surface area contributed by atoms with Gasteiger partial charge in [0, 0.05) is 10.7 Å². The lowest BCUT2D eigenvalue weighted by Crippen LogP contribution is -2.11. The van der Waals surface area contributed by atoms with E-state index in [-0.39, 0.29) is 18.0 Å². The summed E-state index contributed by atoms with van der Waals surface area (Å²) in [6, 6.07) is 8.34. The molecule has 0 aliphatic heterocycles. The Morgan fingerprint density at radius 3 is 2.92 bits per heavy atom. The van der Waals surface area contributed by atoms with Crippen molar-refractivity contribution in [3.63, 3.8) is 0 Å². The minimum absolute atomic E-state index is 0.110. The molecule has 0 aliphatic carbocycles. The van der Waals surface area contributed by atoms with Gasteiger partial charge in [-0.2, -0.15) is 5.10 Å². The quantitative estimate of drug-likeness (QED) is 0.552. The fraction of sp³-hybridized carbons (Fsp3) is 0.125. The Morgan fingerprint density at radius 2 is 2.20 bits per heavy atom. The largest absolute Gasteiger partial charge is 0.454 e. The molecule has 0 bridgehead atoms. The van der Waals surface area contributed by atoms with Crippen molar-refractivity contribution >= 4 is 28.9 Å². The fourth-order valence-electron chi connectivity index (χ4n) is 2.19. The van der Waals surface area contributed by atoms with Crippen LogP contribution in [-0.4, -0.2) is 20.6 Å². The second-order valence-corrected chi connectivity index (χ2v) is 5.77. The lowest BCUT2D eigenvalue weighted by atomic mass is 10.2. The van der Waals surface area contributed by atoms with Crippen molar-refractivity contribution in [1.82, 2.24) is 9.78 Å². The van der Waals surface area contributed by atoms with E-state index in [0.29, 0.717) is 16.5 Å². The molecule has 0 saturated carbocycles. The van der Waals surface area contributed by atoms with E-state index in [9.17, 15) is 14.9 Å². The molecule has 0 saturated heterocycles. The van der Waals surface area contributed by atoms with Crippen molar-refractivity contribution in [2.45, 2.75) is 13.5 Å². The van der Waals surface area contributed by atoms with E-state index in [2.05, 4.69) is 10.4 Å². The number of hydrogen-bond acceptors (Lipinski definition) is 5. The molecule has 0 fully saturated rings. The summed E-state index contributed by atoms with van der Waals surface area (Å²) in [5.74, 6) is 0.157. The summed E-state index contributed by atoms with van der Waals surface area (Å²) in [5, 5.41) is 17.8. The predicted molar refractivity (Wildman–Crippen MR) is 90.8 cm³/mol. The fourth-order valence-corrected chi connectivity index (χ4v) is 2.36. The van der Waals surface area contributed by atoms with Gasteiger partial charge in [-0.05, 0) is 36.8 Å². The molecule has 3 aromatic rings. The van der Waals surface area contributed by atoms with E-state index in [1.807, 2.05) is 6.92 Å². The predicted octanol–water partition coefficient (Wildman–Crippen LogP) is 3.65. The molecule has 0 spiro atoms. The number of amides is 1. The summed E-state index contributed by atoms with van der Waals surface area (Å²) in [6.07, 6.45) is 2.44. The number of hydrogen-bond donors (Lipinski definition) is 1. The molecule has 0 aliphatic rings. The maximum absolute atomic E-state index is 12.3. The van der Waals surface area contributed by atoms with Gasteiger partial charge in [-0.3, -0.25) is 19.6 Å². The number of rotatable bonds is 5. The normalized spacial score (nSPS) is 10.6. The molecular weight excluding hydrogens is 348 g/mol. The van der Waals surface area contributed by atoms with Crippen LogP contribution in [0, 0.1) is 17.0 Å². The average Bonchev–Trinajstić information content (AvgIpc) is 3.21. The number of benzene rings is 1. The molecule has 1 N–H and O–H groups in total. The van der Waals surface area contributed by atoms with Crippen molar-refractivity contribution < 1.29 is 14.1 Å². The summed E-state index contributed by atoms with van der Waals surface area (Å²) in [4.78, 5) is 22.4. The smallest absolute Gasteiger partial charge is 0.307 e. The van der Waals surface area contributed by atoms with E-state index >= 15 is 0 Å². The van der Waals surface area contributed by atoms with Crippen molar-refractivity contribution in [1.29, 1.82) is 0 Å². The second-order valence-electron chi connectivity index (χ2n) is 5.33. The third-order valence-corrected chi connectivity index (χ3v) is 3.72. The lowest BCUT2D eigenvalue weighted by Gasteiger charge is -2.07. The standard InChI is InChI=1S/C16H13ClN4O4/c1-10-2-3-11(17)6-14(10)19-16(22)15-5-4-13(25-15)9-20-8-12(7-18-20)21(23)24/h2-8H,9H2,1H3,(H,19,22). The molecule has 128 valence electrons. The Kier molecular flexibility index (Phi) is 4.53. The molecule has 8 nitrogen and oxygen atoms in total. The average molecular weight is 361 g/mol. The number of halogens is 1. The number of anilines is 1. The van der Waals surface area contributed by atoms with Gasteiger partial charge in [0.15, 0.2) is 5.76 Å². The van der Waals surface area contributed by atoms with E-state index in [4.69, 9.17) is 16.0 Å². The number of furan rings is 1. The van der Waals surface area contributed by atoms with Crippen LogP contribution in [0.5, 0.6) is 0 Å². The van der Waals surface area contributed by atoms with Crippen molar-refractivity contribution in [3.8, 4) is 0 Å². The van der Waals surface area contributed by atoms with Crippen LogP contribution >= 0.6 is 11.6 Å². The number of nitro groups is 1. The lowest BCUT2D eigenvalue weighted by molar-refractivity contribution is -0.385. The van der Waals surface area contributed by atoms with E-state index in [0.717, 1.165) is 11.8 Å². The highest BCUT2D eigenvalue weighted by Crippen LogP contribution is 2.21. The Morgan fingerprint density at radius 1 is 1.40 bits per heavy atom. The van der Waals surface area contributed by atoms with Gasteiger partial charge < -0.3 is 9.73 Å². The first-order chi connectivity index (χ1) is 11.9. The Bertz CT molecular complexity index is 947. The van der Waals surface area contributed by atoms with Crippen LogP contribution in [0.1, 0.15) is 21.9 Å². The molecule has 1 aromatic carbocycles. The van der Waals surface area contributed by atoms with Crippen LogP contribution in [0.2, 0.25) is 5.02 Å². The Labute approximate surface area is 147 Å². The van der Waals surface area contributed by atoms with Gasteiger partial charge in [0.1, 0.15) is 18.2 Å². The number of carbonyl (C=O) groups is 1. The zero-order valence-electron chi connectivity index (χ0n) is 13.1. The van der Waals surface area contributed by atoms with Gasteiger partial charge in [-0.15, -0.1) is 0 Å². The number of aromatic nitrogens is 2. The van der Waals surface area contributed by atoms with E-state index in [1.165, 1.54) is 16.9 Å². The van der Waals surface area contributed by atoms with Crippen LogP contribution in [-0.2, 0) is 6.54 Å². The monoisotopic (exact) mass is 360 g/mol. The van der Waals surface area contributed by atoms with E-state index < -0.39 is 10.8 Å². The molecular formula is C16H13ClN4O4. The van der Waals surface area contributed by atoms with Crippen molar-refractivity contribution in [3.05, 3.63) is 74.9 Å². The van der Waals surface area contributed by atoms with Crippen LogP contribution < -0.4 is 5.32 Å². The molecule has 9 heteroatoms. The van der Waals surface area contributed by atoms with Gasteiger partial charge in [-0.1, -0.05) is 17.7 Å². The third kappa shape index (κ3) is 3.86. The van der Waals surface area contributed by atoms with Gasteiger partial charge in [-0.25, -0.2) is 0 Å². The van der Waals surface area contributed by atoms with Gasteiger partial charge in [0.05, 0.1) is 11.5 Å². The van der Waals surface area contributed by atoms with Crippen LogP contribution in [0.3, 0.4) is 0 Å². The number of aryl methyl sites for hydroxylation is 1. The first-order valence-electron chi connectivity index (χ1n) is 7.25. The molecule has 0 radical (unpaired) electrons. The Balaban J connectivity index is 1.70. The van der Waals surface area contributed by atoms with Crippen molar-refractivity contribution in [2.75, 3.05) is 5.32 Å². The van der Waals surface area contributed by atoms with Crippen LogP contribution in [0.4, 0.5) is 11.4 Å². The Hall–Kier alpha value is -3.13. The minimum atomic E-state index is -0.530. The maximum atomic E-state index is 12.3. The number of nitrogens with one attached hydrogen (secondary N) is 1. The van der Waals surface area contributed by atoms with Crippen LogP contribution in [0.25, 0.3) is 0 Å². The maximum Gasteiger partial charge on any atom is 0.307 e. The third-order valence-electron chi connectivity index (χ3n) is 3.48. The first kappa shape index (κ1) is 16.7. The summed E-state index contributed by atoms with van der Waals surface area (Å²) in [5.41, 5.74) is 1.35. The molecule has 0 atom stereocenters. The molecule has 2 aromatic heterocycles. The topological polar surface area (TPSA) is 103 Å². The van der Waals surface area contributed by atoms with Gasteiger partial charge in [0.25, 0.3) is 5.91 Å². The minimum Gasteiger partial charge on any atom is -0.454 e. The number of nitrogens with zero attached hydrogens (tertiary/aromatic N) is 3. The van der Waals surface area contributed by atoms with Crippen molar-refractivity contribution in [2.24, 2.45) is 0 Å². The summed E-state index contributed by atoms with van der Waals surface area (Å²) in [7, 11) is 0. The van der Waals surface area contributed by atoms with Crippen LogP contribution in [0.15, 0.2) is 47.1 Å². The second kappa shape index (κ2) is 6.78. The molecule has 0 unspecified atom stereocenters. The zero-order chi connectivity index (χ0) is 18.0. The molecule has 1 amide bonds. The summed E-state index contributed by atoms with van der Waals surface area (Å²) in [6.45, 7) is 2.03. The summed E-state index contributed by atoms with van der Waals surface area (Å²) >= 11 is 5.93. The highest BCUT2D eigenvalue weighted by atomic mass is 35.5. The summed E-state index contributed by atoms with van der Waals surface area (Å²) < 4.78 is 6.85. The van der Waals surface area contributed by atoms with Gasteiger partial charge in [0.2, 0.25) is 0 Å². The highest BCUT2D eigenvalue weighted by molar-refractivity contribution is 6.31. The SMILES string of the molecule is Cc1ccc(Cl)cc1NC(=O)c1ccc(Cn2cc([N+](=O)[O-])cn2)o1. The van der Waals surface area contributed by atoms with Gasteiger partial charge >= 0.3 is 5.69 Å². The number of carbonyl (C=O) groups excluding carboxylic acids is 1. The molecule has 2 heterocycles. The molecule has 3 rings (SSSR count). The zero-order valence-corrected chi connectivity index (χ0v) is 13.9. The first-order valence-corrected chi connectivity index (χ1v) is 7.63.